The van der Waals surface area contributed by atoms with Crippen molar-refractivity contribution >= 4 is 7.82 Å². The fourth-order valence-electron chi connectivity index (χ4n) is 3.11. The highest BCUT2D eigenvalue weighted by Gasteiger charge is 2.37. The monoisotopic (exact) mass is 366 g/mol. The predicted octanol–water partition coefficient (Wildman–Crippen LogP) is 6.11. The standard InChI is InChI=1S/C21H19O4P/c1-15-8-7-9-17(14-15)23-26(22)24-20-12-5-3-10-18(20)16(2)19-11-4-6-13-21(19)25-26/h3-14,16H,1-2H3. The second-order valence-electron chi connectivity index (χ2n) is 6.33. The summed E-state index contributed by atoms with van der Waals surface area (Å²) in [5.41, 5.74) is 2.88. The van der Waals surface area contributed by atoms with Crippen LogP contribution in [0, 0.1) is 6.92 Å². The Hall–Kier alpha value is -2.71. The number of hydrogen-bond donors (Lipinski definition) is 0. The lowest BCUT2D eigenvalue weighted by Crippen LogP contribution is -2.13. The first-order chi connectivity index (χ1) is 12.5. The van der Waals surface area contributed by atoms with Gasteiger partial charge in [-0.05, 0) is 36.8 Å². The van der Waals surface area contributed by atoms with E-state index in [-0.39, 0.29) is 5.92 Å². The zero-order valence-corrected chi connectivity index (χ0v) is 15.5. The van der Waals surface area contributed by atoms with Crippen LogP contribution in [0.3, 0.4) is 0 Å². The fraction of sp³-hybridized carbons (Fsp3) is 0.143. The molecule has 26 heavy (non-hydrogen) atoms. The van der Waals surface area contributed by atoms with E-state index in [2.05, 4.69) is 6.92 Å². The third kappa shape index (κ3) is 3.21. The van der Waals surface area contributed by atoms with Crippen LogP contribution in [0.1, 0.15) is 29.5 Å². The number of phosphoric acid groups is 1. The van der Waals surface area contributed by atoms with E-state index in [1.54, 1.807) is 24.3 Å². The van der Waals surface area contributed by atoms with Gasteiger partial charge in [-0.3, -0.25) is 0 Å². The first-order valence-electron chi connectivity index (χ1n) is 8.47. The summed E-state index contributed by atoms with van der Waals surface area (Å²) >= 11 is 0. The van der Waals surface area contributed by atoms with Crippen molar-refractivity contribution in [3.63, 3.8) is 0 Å². The van der Waals surface area contributed by atoms with Crippen molar-refractivity contribution in [3.8, 4) is 17.2 Å². The number of aryl methyl sites for hydroxylation is 1. The van der Waals surface area contributed by atoms with Crippen LogP contribution >= 0.6 is 7.82 Å². The first-order valence-corrected chi connectivity index (χ1v) is 9.93. The Morgan fingerprint density at radius 3 is 2.00 bits per heavy atom. The van der Waals surface area contributed by atoms with E-state index < -0.39 is 7.82 Å². The molecule has 0 spiro atoms. The third-order valence-corrected chi connectivity index (χ3v) is 5.67. The van der Waals surface area contributed by atoms with E-state index in [0.717, 1.165) is 16.7 Å². The summed E-state index contributed by atoms with van der Waals surface area (Å²) < 4.78 is 30.8. The quantitative estimate of drug-likeness (QED) is 0.514. The maximum absolute atomic E-state index is 13.5. The summed E-state index contributed by atoms with van der Waals surface area (Å²) in [6.07, 6.45) is 0. The second kappa shape index (κ2) is 6.54. The van der Waals surface area contributed by atoms with Crippen molar-refractivity contribution in [1.29, 1.82) is 0 Å². The Morgan fingerprint density at radius 2 is 1.42 bits per heavy atom. The maximum Gasteiger partial charge on any atom is 0.647 e. The Labute approximate surface area is 153 Å². The molecule has 3 aromatic rings. The Morgan fingerprint density at radius 1 is 0.846 bits per heavy atom. The SMILES string of the molecule is Cc1cccc(OP2(=O)Oc3ccccc3C(C)c3ccccc3O2)c1. The number of fused-ring (bicyclic) bond motifs is 2. The molecule has 3 aromatic carbocycles. The zero-order chi connectivity index (χ0) is 18.1. The van der Waals surface area contributed by atoms with Crippen molar-refractivity contribution in [1.82, 2.24) is 0 Å². The molecule has 1 aliphatic rings. The minimum absolute atomic E-state index is 0.0371. The normalized spacial score (nSPS) is 21.2. The summed E-state index contributed by atoms with van der Waals surface area (Å²) in [6.45, 7) is 4.01. The van der Waals surface area contributed by atoms with Gasteiger partial charge in [-0.1, -0.05) is 55.5 Å². The van der Waals surface area contributed by atoms with E-state index in [1.807, 2.05) is 55.5 Å². The molecule has 0 N–H and O–H groups in total. The lowest BCUT2D eigenvalue weighted by molar-refractivity contribution is 0.293. The minimum atomic E-state index is -3.92. The summed E-state index contributed by atoms with van der Waals surface area (Å²) in [5, 5.41) is 0. The highest BCUT2D eigenvalue weighted by Crippen LogP contribution is 2.54. The van der Waals surface area contributed by atoms with Crippen molar-refractivity contribution in [2.24, 2.45) is 0 Å². The Bertz CT molecular complexity index is 945. The van der Waals surface area contributed by atoms with Crippen LogP contribution in [-0.4, -0.2) is 0 Å². The van der Waals surface area contributed by atoms with Crippen LogP contribution in [-0.2, 0) is 4.57 Å². The van der Waals surface area contributed by atoms with Crippen LogP contribution in [0.5, 0.6) is 17.2 Å². The van der Waals surface area contributed by atoms with Gasteiger partial charge in [-0.15, -0.1) is 0 Å². The van der Waals surface area contributed by atoms with Gasteiger partial charge in [0.15, 0.2) is 0 Å². The smallest absolute Gasteiger partial charge is 0.386 e. The van der Waals surface area contributed by atoms with E-state index in [9.17, 15) is 4.57 Å². The lowest BCUT2D eigenvalue weighted by atomic mass is 9.92. The molecule has 0 aliphatic carbocycles. The van der Waals surface area contributed by atoms with Crippen LogP contribution in [0.2, 0.25) is 0 Å². The average Bonchev–Trinajstić information content (AvgIpc) is 2.61. The van der Waals surface area contributed by atoms with Gasteiger partial charge < -0.3 is 13.6 Å². The Balaban J connectivity index is 1.82. The maximum atomic E-state index is 13.5. The van der Waals surface area contributed by atoms with Crippen molar-refractivity contribution in [2.45, 2.75) is 19.8 Å². The van der Waals surface area contributed by atoms with Gasteiger partial charge in [0, 0.05) is 17.0 Å². The second-order valence-corrected chi connectivity index (χ2v) is 7.78. The minimum Gasteiger partial charge on any atom is -0.386 e. The van der Waals surface area contributed by atoms with Gasteiger partial charge in [0.25, 0.3) is 0 Å². The molecule has 0 saturated heterocycles. The summed E-state index contributed by atoms with van der Waals surface area (Å²) in [4.78, 5) is 0. The van der Waals surface area contributed by atoms with Gasteiger partial charge in [-0.2, -0.15) is 4.57 Å². The number of para-hydroxylation sites is 2. The van der Waals surface area contributed by atoms with Gasteiger partial charge in [-0.25, -0.2) is 0 Å². The van der Waals surface area contributed by atoms with E-state index in [0.29, 0.717) is 17.2 Å². The molecule has 0 aromatic heterocycles. The summed E-state index contributed by atoms with van der Waals surface area (Å²) in [6, 6.07) is 22.4. The summed E-state index contributed by atoms with van der Waals surface area (Å²) in [7, 11) is -3.92. The van der Waals surface area contributed by atoms with Crippen molar-refractivity contribution in [3.05, 3.63) is 89.5 Å². The fourth-order valence-corrected chi connectivity index (χ4v) is 4.41. The number of phosphoric ester groups is 1. The van der Waals surface area contributed by atoms with E-state index in [4.69, 9.17) is 13.6 Å². The first kappa shape index (κ1) is 16.7. The highest BCUT2D eigenvalue weighted by molar-refractivity contribution is 7.49. The van der Waals surface area contributed by atoms with E-state index in [1.165, 1.54) is 0 Å². The zero-order valence-electron chi connectivity index (χ0n) is 14.6. The molecule has 0 saturated carbocycles. The number of hydrogen-bond acceptors (Lipinski definition) is 4. The van der Waals surface area contributed by atoms with Crippen molar-refractivity contribution < 1.29 is 18.1 Å². The van der Waals surface area contributed by atoms with Crippen LogP contribution in [0.4, 0.5) is 0 Å². The molecule has 4 rings (SSSR count). The molecule has 0 fully saturated rings. The average molecular weight is 366 g/mol. The topological polar surface area (TPSA) is 44.8 Å². The molecule has 1 aliphatic heterocycles. The lowest BCUT2D eigenvalue weighted by Gasteiger charge is -2.27. The molecule has 0 radical (unpaired) electrons. The number of benzene rings is 3. The molecule has 0 atom stereocenters. The molecular formula is C21H19O4P. The molecule has 0 amide bonds. The van der Waals surface area contributed by atoms with Gasteiger partial charge >= 0.3 is 7.82 Å². The molecule has 4 nitrogen and oxygen atoms in total. The highest BCUT2D eigenvalue weighted by atomic mass is 31.2. The van der Waals surface area contributed by atoms with Crippen LogP contribution in [0.25, 0.3) is 0 Å². The number of rotatable bonds is 2. The van der Waals surface area contributed by atoms with Gasteiger partial charge in [0.1, 0.15) is 17.2 Å². The largest absolute Gasteiger partial charge is 0.647 e. The van der Waals surface area contributed by atoms with E-state index >= 15 is 0 Å². The summed E-state index contributed by atoms with van der Waals surface area (Å²) in [5.74, 6) is 1.49. The van der Waals surface area contributed by atoms with Gasteiger partial charge in [0.05, 0.1) is 0 Å². The molecular weight excluding hydrogens is 347 g/mol. The molecule has 5 heteroatoms. The molecule has 0 unspecified atom stereocenters. The molecule has 0 bridgehead atoms. The Kier molecular flexibility index (Phi) is 4.21. The molecule has 1 heterocycles. The van der Waals surface area contributed by atoms with Crippen LogP contribution < -0.4 is 13.6 Å². The molecule has 132 valence electrons. The third-order valence-electron chi connectivity index (χ3n) is 4.40. The van der Waals surface area contributed by atoms with Gasteiger partial charge in [0.2, 0.25) is 0 Å². The predicted molar refractivity (Wildman–Crippen MR) is 101 cm³/mol. The van der Waals surface area contributed by atoms with Crippen LogP contribution in [0.15, 0.2) is 72.8 Å². The van der Waals surface area contributed by atoms with Crippen molar-refractivity contribution in [2.75, 3.05) is 0 Å².